The van der Waals surface area contributed by atoms with Crippen molar-refractivity contribution in [1.82, 2.24) is 19.5 Å². The Balaban J connectivity index is 1.51. The van der Waals surface area contributed by atoms with E-state index < -0.39 is 11.6 Å². The van der Waals surface area contributed by atoms with Gasteiger partial charge >= 0.3 is 0 Å². The van der Waals surface area contributed by atoms with E-state index in [0.29, 0.717) is 49.2 Å². The lowest BCUT2D eigenvalue weighted by Crippen LogP contribution is -2.30. The minimum Gasteiger partial charge on any atom is -0.393 e. The Morgan fingerprint density at radius 1 is 1.11 bits per heavy atom. The minimum absolute atomic E-state index is 0.0531. The zero-order chi connectivity index (χ0) is 25.4. The molecule has 5 N–H and O–H groups in total. The number of aliphatic hydroxyl groups is 1. The van der Waals surface area contributed by atoms with Gasteiger partial charge in [-0.25, -0.2) is 18.7 Å². The Bertz CT molecular complexity index is 1280. The fourth-order valence-electron chi connectivity index (χ4n) is 5.23. The molecule has 0 unspecified atom stereocenters. The summed E-state index contributed by atoms with van der Waals surface area (Å²) in [5.41, 5.74) is 6.42. The summed E-state index contributed by atoms with van der Waals surface area (Å²) < 4.78 is 30.6. The van der Waals surface area contributed by atoms with Crippen LogP contribution in [0, 0.1) is 17.6 Å². The van der Waals surface area contributed by atoms with Crippen molar-refractivity contribution in [2.75, 3.05) is 10.6 Å². The van der Waals surface area contributed by atoms with E-state index in [1.807, 2.05) is 4.57 Å². The summed E-state index contributed by atoms with van der Waals surface area (Å²) in [6.07, 6.45) is 6.97. The summed E-state index contributed by atoms with van der Waals surface area (Å²) in [6.45, 7) is 0. The molecular formula is C24H28ClF2N7O2. The Morgan fingerprint density at radius 3 is 2.61 bits per heavy atom. The number of nitrogens with two attached hydrogens (primary N) is 1. The lowest BCUT2D eigenvalue weighted by atomic mass is 9.85. The Labute approximate surface area is 211 Å². The van der Waals surface area contributed by atoms with Crippen LogP contribution in [0.1, 0.15) is 57.4 Å². The standard InChI is InChI=1S/C24H28ClF2N7O2/c25-16-8-9-17(20(27)19(16)26)31-24-32-18-11-29-23(30-13-2-1-3-15(35)10-13)33-22(18)34(24)14-6-4-12(5-7-14)21(28)36/h8-9,11-15,35H,1-7,10H2,(H2,28,36)(H,31,32)(H,29,30,33)/t12-,13-,14+,15+/m1/s1. The SMILES string of the molecule is NC(=O)[C@H]1CC[C@@H](n2c(Nc3ccc(Cl)c(F)c3F)nc3cnc(N[C@@H]4CCC[C@H](O)C4)nc32)CC1. The zero-order valence-corrected chi connectivity index (χ0v) is 20.3. The first-order valence-corrected chi connectivity index (χ1v) is 12.6. The van der Waals surface area contributed by atoms with Gasteiger partial charge in [0.2, 0.25) is 17.8 Å². The number of nitrogens with zero attached hydrogens (tertiary/aromatic N) is 4. The number of carbonyl (C=O) groups excluding carboxylic acids is 1. The molecule has 1 amide bonds. The van der Waals surface area contributed by atoms with Gasteiger partial charge in [-0.2, -0.15) is 4.98 Å². The van der Waals surface area contributed by atoms with E-state index in [1.54, 1.807) is 6.20 Å². The maximum absolute atomic E-state index is 14.6. The number of imidazole rings is 1. The average molecular weight is 520 g/mol. The molecule has 192 valence electrons. The maximum atomic E-state index is 14.6. The third-order valence-corrected chi connectivity index (χ3v) is 7.45. The van der Waals surface area contributed by atoms with Gasteiger partial charge in [0.25, 0.3) is 0 Å². The molecule has 0 saturated heterocycles. The van der Waals surface area contributed by atoms with E-state index in [1.165, 1.54) is 12.1 Å². The molecule has 2 aromatic heterocycles. The zero-order valence-electron chi connectivity index (χ0n) is 19.6. The first-order chi connectivity index (χ1) is 17.3. The molecule has 0 aliphatic heterocycles. The Hall–Kier alpha value is -3.05. The summed E-state index contributed by atoms with van der Waals surface area (Å²) in [6, 6.07) is 2.58. The molecule has 1 aromatic carbocycles. The molecular weight excluding hydrogens is 492 g/mol. The second kappa shape index (κ2) is 10.1. The second-order valence-electron chi connectivity index (χ2n) is 9.63. The van der Waals surface area contributed by atoms with E-state index in [9.17, 15) is 18.7 Å². The van der Waals surface area contributed by atoms with E-state index in [4.69, 9.17) is 22.3 Å². The molecule has 2 aliphatic rings. The summed E-state index contributed by atoms with van der Waals surface area (Å²) >= 11 is 5.71. The van der Waals surface area contributed by atoms with Crippen molar-refractivity contribution in [2.45, 2.75) is 69.6 Å². The topological polar surface area (TPSA) is 131 Å². The van der Waals surface area contributed by atoms with E-state index in [0.717, 1.165) is 19.3 Å². The molecule has 2 saturated carbocycles. The quantitative estimate of drug-likeness (QED) is 0.354. The molecule has 36 heavy (non-hydrogen) atoms. The van der Waals surface area contributed by atoms with Crippen molar-refractivity contribution >= 4 is 46.3 Å². The molecule has 9 nitrogen and oxygen atoms in total. The minimum atomic E-state index is -1.15. The van der Waals surface area contributed by atoms with Crippen molar-refractivity contribution in [3.8, 4) is 0 Å². The van der Waals surface area contributed by atoms with Gasteiger partial charge in [0.1, 0.15) is 5.52 Å². The molecule has 2 heterocycles. The van der Waals surface area contributed by atoms with Gasteiger partial charge in [-0.05, 0) is 63.5 Å². The van der Waals surface area contributed by atoms with Crippen LogP contribution in [-0.4, -0.2) is 42.7 Å². The van der Waals surface area contributed by atoms with Crippen LogP contribution < -0.4 is 16.4 Å². The van der Waals surface area contributed by atoms with Gasteiger partial charge in [-0.1, -0.05) is 11.6 Å². The highest BCUT2D eigenvalue weighted by Gasteiger charge is 2.30. The molecule has 2 fully saturated rings. The number of aliphatic hydroxyl groups excluding tert-OH is 1. The van der Waals surface area contributed by atoms with Crippen molar-refractivity contribution in [1.29, 1.82) is 0 Å². The number of rotatable bonds is 6. The Morgan fingerprint density at radius 2 is 1.89 bits per heavy atom. The third-order valence-electron chi connectivity index (χ3n) is 7.16. The van der Waals surface area contributed by atoms with Crippen LogP contribution in [0.4, 0.5) is 26.4 Å². The number of hydrogen-bond acceptors (Lipinski definition) is 7. The van der Waals surface area contributed by atoms with Gasteiger partial charge < -0.3 is 21.5 Å². The van der Waals surface area contributed by atoms with Crippen LogP contribution in [0.3, 0.4) is 0 Å². The number of fused-ring (bicyclic) bond motifs is 1. The number of amides is 1. The molecule has 3 aromatic rings. The lowest BCUT2D eigenvalue weighted by Gasteiger charge is -2.29. The summed E-state index contributed by atoms with van der Waals surface area (Å²) in [5.74, 6) is -2.07. The first kappa shape index (κ1) is 24.6. The largest absolute Gasteiger partial charge is 0.393 e. The van der Waals surface area contributed by atoms with Gasteiger partial charge in [-0.15, -0.1) is 0 Å². The van der Waals surface area contributed by atoms with Gasteiger partial charge in [0.05, 0.1) is 23.0 Å². The summed E-state index contributed by atoms with van der Waals surface area (Å²) in [5, 5.41) is 15.9. The van der Waals surface area contributed by atoms with Gasteiger partial charge in [-0.3, -0.25) is 9.36 Å². The molecule has 0 radical (unpaired) electrons. The number of benzene rings is 1. The number of primary amides is 1. The van der Waals surface area contributed by atoms with Crippen molar-refractivity contribution in [2.24, 2.45) is 11.7 Å². The van der Waals surface area contributed by atoms with Crippen LogP contribution >= 0.6 is 11.6 Å². The van der Waals surface area contributed by atoms with Crippen molar-refractivity contribution in [3.63, 3.8) is 0 Å². The van der Waals surface area contributed by atoms with Gasteiger partial charge in [0.15, 0.2) is 17.3 Å². The van der Waals surface area contributed by atoms with E-state index in [2.05, 4.69) is 20.6 Å². The maximum Gasteiger partial charge on any atom is 0.224 e. The fourth-order valence-corrected chi connectivity index (χ4v) is 5.38. The number of hydrogen-bond donors (Lipinski definition) is 4. The number of carbonyl (C=O) groups is 1. The highest BCUT2D eigenvalue weighted by Crippen LogP contribution is 2.37. The van der Waals surface area contributed by atoms with E-state index in [-0.39, 0.29) is 46.7 Å². The number of anilines is 3. The second-order valence-corrected chi connectivity index (χ2v) is 10.0. The number of aromatic nitrogens is 4. The smallest absolute Gasteiger partial charge is 0.224 e. The highest BCUT2D eigenvalue weighted by atomic mass is 35.5. The first-order valence-electron chi connectivity index (χ1n) is 12.2. The van der Waals surface area contributed by atoms with Crippen LogP contribution in [0.15, 0.2) is 18.3 Å². The van der Waals surface area contributed by atoms with Crippen LogP contribution in [0.2, 0.25) is 5.02 Å². The molecule has 0 spiro atoms. The van der Waals surface area contributed by atoms with Crippen LogP contribution in [-0.2, 0) is 4.79 Å². The predicted octanol–water partition coefficient (Wildman–Crippen LogP) is 4.43. The van der Waals surface area contributed by atoms with Crippen molar-refractivity contribution in [3.05, 3.63) is 35.0 Å². The number of nitrogens with one attached hydrogen (secondary N) is 2. The van der Waals surface area contributed by atoms with Crippen LogP contribution in [0.25, 0.3) is 11.2 Å². The van der Waals surface area contributed by atoms with Crippen LogP contribution in [0.5, 0.6) is 0 Å². The molecule has 2 aliphatic carbocycles. The molecule has 0 bridgehead atoms. The molecule has 5 rings (SSSR count). The third kappa shape index (κ3) is 4.94. The number of halogens is 3. The van der Waals surface area contributed by atoms with E-state index >= 15 is 0 Å². The highest BCUT2D eigenvalue weighted by molar-refractivity contribution is 6.30. The Kier molecular flexibility index (Phi) is 6.94. The predicted molar refractivity (Wildman–Crippen MR) is 132 cm³/mol. The van der Waals surface area contributed by atoms with Gasteiger partial charge in [0, 0.05) is 18.0 Å². The normalized spacial score (nSPS) is 24.6. The lowest BCUT2D eigenvalue weighted by molar-refractivity contribution is -0.122. The summed E-state index contributed by atoms with van der Waals surface area (Å²) in [7, 11) is 0. The monoisotopic (exact) mass is 519 g/mol. The fraction of sp³-hybridized carbons (Fsp3) is 0.500. The summed E-state index contributed by atoms with van der Waals surface area (Å²) in [4.78, 5) is 25.4. The molecule has 2 atom stereocenters. The molecule has 12 heteroatoms. The van der Waals surface area contributed by atoms with Crippen molar-refractivity contribution < 1.29 is 18.7 Å². The average Bonchev–Trinajstić information content (AvgIpc) is 3.21.